The third-order valence-corrected chi connectivity index (χ3v) is 3.53. The predicted molar refractivity (Wildman–Crippen MR) is 88.7 cm³/mol. The van der Waals surface area contributed by atoms with Gasteiger partial charge in [-0.1, -0.05) is 24.3 Å². The summed E-state index contributed by atoms with van der Waals surface area (Å²) in [6, 6.07) is 4.75. The molecule has 0 aliphatic rings. The van der Waals surface area contributed by atoms with Crippen molar-refractivity contribution < 1.29 is 13.6 Å². The van der Waals surface area contributed by atoms with E-state index in [2.05, 4.69) is 18.5 Å². The molecule has 0 saturated carbocycles. The molecule has 23 heavy (non-hydrogen) atoms. The largest absolute Gasteiger partial charge is 0.335 e. The minimum Gasteiger partial charge on any atom is -0.335 e. The molecule has 6 heteroatoms. The summed E-state index contributed by atoms with van der Waals surface area (Å²) in [6.45, 7) is 7.84. The number of benzene rings is 1. The number of anilines is 1. The Morgan fingerprint density at radius 3 is 2.61 bits per heavy atom. The van der Waals surface area contributed by atoms with E-state index >= 15 is 0 Å². The molecule has 0 aliphatic heterocycles. The molecule has 1 amide bonds. The average molecular weight is 337 g/mol. The van der Waals surface area contributed by atoms with Crippen molar-refractivity contribution in [2.75, 3.05) is 5.32 Å². The number of rotatable bonds is 6. The first-order valence-corrected chi connectivity index (χ1v) is 7.24. The zero-order valence-corrected chi connectivity index (χ0v) is 13.0. The van der Waals surface area contributed by atoms with Crippen LogP contribution in [0.1, 0.15) is 22.6 Å². The summed E-state index contributed by atoms with van der Waals surface area (Å²) in [5.41, 5.74) is 1.06. The van der Waals surface area contributed by atoms with E-state index in [1.165, 1.54) is 6.07 Å². The van der Waals surface area contributed by atoms with Crippen molar-refractivity contribution in [3.8, 4) is 0 Å². The van der Waals surface area contributed by atoms with E-state index in [0.29, 0.717) is 18.7 Å². The van der Waals surface area contributed by atoms with Crippen LogP contribution in [-0.2, 0) is 6.54 Å². The van der Waals surface area contributed by atoms with Crippen molar-refractivity contribution in [3.63, 3.8) is 0 Å². The number of carbonyl (C=O) groups excluding carboxylic acids is 1. The maximum absolute atomic E-state index is 13.2. The third kappa shape index (κ3) is 3.68. The minimum absolute atomic E-state index is 0.140. The van der Waals surface area contributed by atoms with Crippen molar-refractivity contribution in [2.45, 2.75) is 13.0 Å². The first-order chi connectivity index (χ1) is 11.0. The third-order valence-electron chi connectivity index (χ3n) is 3.24. The lowest BCUT2D eigenvalue weighted by atomic mass is 10.3. The van der Waals surface area contributed by atoms with Gasteiger partial charge in [-0.2, -0.15) is 0 Å². The lowest BCUT2D eigenvalue weighted by molar-refractivity contribution is 0.101. The van der Waals surface area contributed by atoms with Gasteiger partial charge < -0.3 is 9.88 Å². The molecule has 0 fully saturated rings. The fraction of sp³-hybridized carbons (Fsp3) is 0.118. The van der Waals surface area contributed by atoms with Gasteiger partial charge in [0.25, 0.3) is 5.91 Å². The Balaban J connectivity index is 2.34. The van der Waals surface area contributed by atoms with Gasteiger partial charge in [-0.3, -0.25) is 4.79 Å². The van der Waals surface area contributed by atoms with Crippen LogP contribution >= 0.6 is 11.6 Å². The Morgan fingerprint density at radius 1 is 1.26 bits per heavy atom. The van der Waals surface area contributed by atoms with Gasteiger partial charge in [-0.25, -0.2) is 8.78 Å². The van der Waals surface area contributed by atoms with E-state index in [4.69, 9.17) is 11.6 Å². The van der Waals surface area contributed by atoms with E-state index in [9.17, 15) is 13.6 Å². The molecular formula is C17H15ClF2N2O. The molecule has 0 saturated heterocycles. The molecule has 1 aromatic carbocycles. The number of hydrogen-bond acceptors (Lipinski definition) is 1. The summed E-state index contributed by atoms with van der Waals surface area (Å²) >= 11 is 6.14. The highest BCUT2D eigenvalue weighted by molar-refractivity contribution is 6.34. The molecule has 3 nitrogen and oxygen atoms in total. The van der Waals surface area contributed by atoms with Crippen molar-refractivity contribution in [2.24, 2.45) is 0 Å². The number of nitrogens with one attached hydrogen (secondary N) is 1. The summed E-state index contributed by atoms with van der Waals surface area (Å²) in [4.78, 5) is 12.5. The number of hydrogen-bond donors (Lipinski definition) is 1. The topological polar surface area (TPSA) is 34.0 Å². The number of carbonyl (C=O) groups is 1. The smallest absolute Gasteiger partial charge is 0.273 e. The molecular weight excluding hydrogens is 322 g/mol. The van der Waals surface area contributed by atoms with Crippen LogP contribution in [0.25, 0.3) is 6.08 Å². The molecule has 2 rings (SSSR count). The summed E-state index contributed by atoms with van der Waals surface area (Å²) in [6.07, 6.45) is 3.94. The molecule has 1 heterocycles. The Morgan fingerprint density at radius 2 is 2.00 bits per heavy atom. The monoisotopic (exact) mass is 336 g/mol. The standard InChI is InChI=1S/C17H15ClF2N2O/c1-3-5-8-22-12(4-2)10-13(18)16(22)17(23)21-11-6-7-14(19)15(20)9-11/h3-4,6-7,9-10H,1-2,5,8H2,(H,21,23). The van der Waals surface area contributed by atoms with Crippen molar-refractivity contribution in [3.05, 3.63) is 71.5 Å². The van der Waals surface area contributed by atoms with Gasteiger partial charge in [0.15, 0.2) is 11.6 Å². The molecule has 1 aromatic heterocycles. The van der Waals surface area contributed by atoms with E-state index < -0.39 is 17.5 Å². The van der Waals surface area contributed by atoms with Gasteiger partial charge >= 0.3 is 0 Å². The van der Waals surface area contributed by atoms with Crippen LogP contribution < -0.4 is 5.32 Å². The average Bonchev–Trinajstić information content (AvgIpc) is 2.84. The Hall–Kier alpha value is -2.40. The summed E-state index contributed by atoms with van der Waals surface area (Å²) in [5, 5.41) is 2.76. The van der Waals surface area contributed by atoms with Gasteiger partial charge in [0.1, 0.15) is 5.69 Å². The summed E-state index contributed by atoms with van der Waals surface area (Å²) < 4.78 is 27.9. The molecule has 0 radical (unpaired) electrons. The second-order valence-electron chi connectivity index (χ2n) is 4.78. The Labute approximate surface area is 137 Å². The van der Waals surface area contributed by atoms with Crippen LogP contribution in [0.2, 0.25) is 5.02 Å². The molecule has 0 unspecified atom stereocenters. The van der Waals surface area contributed by atoms with Crippen molar-refractivity contribution in [1.29, 1.82) is 0 Å². The minimum atomic E-state index is -1.04. The fourth-order valence-corrected chi connectivity index (χ4v) is 2.46. The zero-order chi connectivity index (χ0) is 17.0. The number of nitrogens with zero attached hydrogens (tertiary/aromatic N) is 1. The molecule has 0 aliphatic carbocycles. The Kier molecular flexibility index (Phi) is 5.34. The molecule has 120 valence electrons. The number of allylic oxidation sites excluding steroid dienone is 1. The van der Waals surface area contributed by atoms with Gasteiger partial charge in [0.2, 0.25) is 0 Å². The van der Waals surface area contributed by atoms with E-state index in [0.717, 1.165) is 12.1 Å². The zero-order valence-electron chi connectivity index (χ0n) is 12.3. The van der Waals surface area contributed by atoms with Crippen molar-refractivity contribution >= 4 is 29.3 Å². The molecule has 0 spiro atoms. The lowest BCUT2D eigenvalue weighted by Gasteiger charge is -2.11. The van der Waals surface area contributed by atoms with Crippen LogP contribution in [0.15, 0.2) is 43.5 Å². The molecule has 0 bridgehead atoms. The van der Waals surface area contributed by atoms with E-state index in [1.54, 1.807) is 22.8 Å². The van der Waals surface area contributed by atoms with Crippen LogP contribution in [0.4, 0.5) is 14.5 Å². The van der Waals surface area contributed by atoms with Crippen LogP contribution in [-0.4, -0.2) is 10.5 Å². The molecule has 0 atom stereocenters. The van der Waals surface area contributed by atoms with Crippen LogP contribution in [0.3, 0.4) is 0 Å². The van der Waals surface area contributed by atoms with Gasteiger partial charge in [-0.05, 0) is 30.7 Å². The van der Waals surface area contributed by atoms with Crippen molar-refractivity contribution in [1.82, 2.24) is 4.57 Å². The lowest BCUT2D eigenvalue weighted by Crippen LogP contribution is -2.18. The number of aromatic nitrogens is 1. The first kappa shape index (κ1) is 17.0. The van der Waals surface area contributed by atoms with E-state index in [1.807, 2.05) is 0 Å². The molecule has 2 aromatic rings. The van der Waals surface area contributed by atoms with E-state index in [-0.39, 0.29) is 16.4 Å². The summed E-state index contributed by atoms with van der Waals surface area (Å²) in [7, 11) is 0. The highest BCUT2D eigenvalue weighted by Crippen LogP contribution is 2.24. The second-order valence-corrected chi connectivity index (χ2v) is 5.19. The second kappa shape index (κ2) is 7.24. The predicted octanol–water partition coefficient (Wildman–Crippen LogP) is 4.89. The maximum Gasteiger partial charge on any atom is 0.273 e. The number of amides is 1. The molecule has 1 N–H and O–H groups in total. The highest BCUT2D eigenvalue weighted by Gasteiger charge is 2.19. The van der Waals surface area contributed by atoms with Gasteiger partial charge in [0, 0.05) is 24.0 Å². The maximum atomic E-state index is 13.2. The SMILES string of the molecule is C=CCCn1c(C=C)cc(Cl)c1C(=O)Nc1ccc(F)c(F)c1. The Bertz CT molecular complexity index is 768. The highest BCUT2D eigenvalue weighted by atomic mass is 35.5. The normalized spacial score (nSPS) is 10.4. The van der Waals surface area contributed by atoms with Crippen LogP contribution in [0.5, 0.6) is 0 Å². The first-order valence-electron chi connectivity index (χ1n) is 6.86. The van der Waals surface area contributed by atoms with Gasteiger partial charge in [0.05, 0.1) is 5.02 Å². The quantitative estimate of drug-likeness (QED) is 0.749. The van der Waals surface area contributed by atoms with Crippen LogP contribution in [0, 0.1) is 11.6 Å². The van der Waals surface area contributed by atoms with Gasteiger partial charge in [-0.15, -0.1) is 6.58 Å². The number of halogens is 3. The fourth-order valence-electron chi connectivity index (χ4n) is 2.16. The summed E-state index contributed by atoms with van der Waals surface area (Å²) in [5.74, 6) is -2.54.